The molecule has 1 aromatic rings. The number of benzene rings is 1. The molecule has 1 aromatic carbocycles. The van der Waals surface area contributed by atoms with E-state index in [4.69, 9.17) is 5.73 Å². The predicted octanol–water partition coefficient (Wildman–Crippen LogP) is 2.13. The van der Waals surface area contributed by atoms with E-state index in [1.807, 2.05) is 32.9 Å². The van der Waals surface area contributed by atoms with E-state index in [9.17, 15) is 4.79 Å². The van der Waals surface area contributed by atoms with Gasteiger partial charge in [0.05, 0.1) is 5.41 Å². The Labute approximate surface area is 115 Å². The number of likely N-dealkylation sites (N-methyl/N-ethyl adjacent to an activating group) is 1. The fourth-order valence-electron chi connectivity index (χ4n) is 2.33. The van der Waals surface area contributed by atoms with Crippen LogP contribution in [0.3, 0.4) is 0 Å². The van der Waals surface area contributed by atoms with Crippen LogP contribution >= 0.6 is 0 Å². The minimum Gasteiger partial charge on any atom is -0.356 e. The third-order valence-electron chi connectivity index (χ3n) is 4.00. The Hall–Kier alpha value is -1.35. The minimum atomic E-state index is -0.503. The number of hydrogen-bond acceptors (Lipinski definition) is 2. The van der Waals surface area contributed by atoms with Gasteiger partial charge in [0.25, 0.3) is 0 Å². The highest BCUT2D eigenvalue weighted by Gasteiger charge is 2.38. The summed E-state index contributed by atoms with van der Waals surface area (Å²) in [6.07, 6.45) is 3.13. The Morgan fingerprint density at radius 2 is 2.11 bits per heavy atom. The Balaban J connectivity index is 2.19. The molecule has 0 saturated heterocycles. The molecule has 1 aliphatic carbocycles. The van der Waals surface area contributed by atoms with Crippen molar-refractivity contribution in [2.75, 3.05) is 6.54 Å². The second kappa shape index (κ2) is 4.97. The molecule has 2 rings (SSSR count). The molecule has 1 fully saturated rings. The van der Waals surface area contributed by atoms with E-state index >= 15 is 0 Å². The zero-order valence-electron chi connectivity index (χ0n) is 12.1. The van der Waals surface area contributed by atoms with Crippen molar-refractivity contribution in [3.63, 3.8) is 0 Å². The first kappa shape index (κ1) is 14.1. The SMILES string of the molecule is CCNC(=O)C(C)(C)c1cccc(CC2(N)CC2)c1. The van der Waals surface area contributed by atoms with Gasteiger partial charge >= 0.3 is 0 Å². The summed E-state index contributed by atoms with van der Waals surface area (Å²) in [4.78, 5) is 12.1. The highest BCUT2D eigenvalue weighted by molar-refractivity contribution is 5.87. The van der Waals surface area contributed by atoms with Gasteiger partial charge < -0.3 is 11.1 Å². The summed E-state index contributed by atoms with van der Waals surface area (Å²) in [5, 5.41) is 2.90. The van der Waals surface area contributed by atoms with E-state index in [0.717, 1.165) is 24.8 Å². The van der Waals surface area contributed by atoms with Gasteiger partial charge in [-0.15, -0.1) is 0 Å². The summed E-state index contributed by atoms with van der Waals surface area (Å²) in [7, 11) is 0. The molecule has 0 heterocycles. The van der Waals surface area contributed by atoms with E-state index in [1.165, 1.54) is 5.56 Å². The molecule has 0 atom stereocenters. The molecule has 0 bridgehead atoms. The topological polar surface area (TPSA) is 55.1 Å². The number of rotatable bonds is 5. The van der Waals surface area contributed by atoms with Gasteiger partial charge in [0.1, 0.15) is 0 Å². The fourth-order valence-corrected chi connectivity index (χ4v) is 2.33. The monoisotopic (exact) mass is 260 g/mol. The lowest BCUT2D eigenvalue weighted by atomic mass is 9.82. The number of nitrogens with two attached hydrogens (primary N) is 1. The maximum Gasteiger partial charge on any atom is 0.230 e. The molecule has 3 heteroatoms. The second-order valence-corrected chi connectivity index (χ2v) is 6.22. The van der Waals surface area contributed by atoms with Crippen LogP contribution in [0, 0.1) is 0 Å². The number of amides is 1. The third kappa shape index (κ3) is 3.16. The standard InChI is InChI=1S/C16H24N2O/c1-4-18-14(19)15(2,3)13-7-5-6-12(10-13)11-16(17)8-9-16/h5-7,10H,4,8-9,11,17H2,1-3H3,(H,18,19). The quantitative estimate of drug-likeness (QED) is 0.852. The Kier molecular flexibility index (Phi) is 3.68. The number of nitrogens with one attached hydrogen (secondary N) is 1. The highest BCUT2D eigenvalue weighted by atomic mass is 16.2. The minimum absolute atomic E-state index is 0.00838. The molecule has 0 unspecified atom stereocenters. The van der Waals surface area contributed by atoms with Crippen molar-refractivity contribution in [3.05, 3.63) is 35.4 Å². The summed E-state index contributed by atoms with van der Waals surface area (Å²) in [5.74, 6) is 0.0704. The summed E-state index contributed by atoms with van der Waals surface area (Å²) in [6, 6.07) is 8.28. The molecule has 0 radical (unpaired) electrons. The molecular weight excluding hydrogens is 236 g/mol. The van der Waals surface area contributed by atoms with Crippen LogP contribution in [0.1, 0.15) is 44.7 Å². The number of carbonyl (C=O) groups is 1. The molecule has 0 spiro atoms. The fraction of sp³-hybridized carbons (Fsp3) is 0.562. The van der Waals surface area contributed by atoms with Crippen molar-refractivity contribution in [2.24, 2.45) is 5.73 Å². The van der Waals surface area contributed by atoms with Crippen LogP contribution in [0.25, 0.3) is 0 Å². The van der Waals surface area contributed by atoms with Gasteiger partial charge in [-0.1, -0.05) is 24.3 Å². The summed E-state index contributed by atoms with van der Waals surface area (Å²) in [5.41, 5.74) is 7.96. The van der Waals surface area contributed by atoms with Crippen molar-refractivity contribution in [3.8, 4) is 0 Å². The van der Waals surface area contributed by atoms with Crippen molar-refractivity contribution >= 4 is 5.91 Å². The van der Waals surface area contributed by atoms with Gasteiger partial charge in [0, 0.05) is 12.1 Å². The van der Waals surface area contributed by atoms with Gasteiger partial charge in [-0.2, -0.15) is 0 Å². The van der Waals surface area contributed by atoms with Crippen molar-refractivity contribution in [1.82, 2.24) is 5.32 Å². The molecular formula is C16H24N2O. The Morgan fingerprint density at radius 1 is 1.42 bits per heavy atom. The lowest BCUT2D eigenvalue weighted by molar-refractivity contribution is -0.125. The number of carbonyl (C=O) groups excluding carboxylic acids is 1. The lowest BCUT2D eigenvalue weighted by Gasteiger charge is -2.24. The van der Waals surface area contributed by atoms with Gasteiger partial charge in [-0.05, 0) is 51.2 Å². The zero-order chi connectivity index (χ0) is 14.1. The molecule has 0 aromatic heterocycles. The van der Waals surface area contributed by atoms with Gasteiger partial charge in [-0.3, -0.25) is 4.79 Å². The first-order valence-electron chi connectivity index (χ1n) is 7.04. The Morgan fingerprint density at radius 3 is 2.68 bits per heavy atom. The average molecular weight is 260 g/mol. The molecule has 0 aliphatic heterocycles. The number of hydrogen-bond donors (Lipinski definition) is 2. The lowest BCUT2D eigenvalue weighted by Crippen LogP contribution is -2.40. The van der Waals surface area contributed by atoms with Crippen LogP contribution < -0.4 is 11.1 Å². The van der Waals surface area contributed by atoms with Crippen LogP contribution in [0.2, 0.25) is 0 Å². The molecule has 3 N–H and O–H groups in total. The molecule has 1 amide bonds. The first-order chi connectivity index (χ1) is 8.87. The van der Waals surface area contributed by atoms with E-state index in [1.54, 1.807) is 0 Å². The van der Waals surface area contributed by atoms with Gasteiger partial charge in [0.15, 0.2) is 0 Å². The predicted molar refractivity (Wildman–Crippen MR) is 78.0 cm³/mol. The highest BCUT2D eigenvalue weighted by Crippen LogP contribution is 2.36. The van der Waals surface area contributed by atoms with Crippen molar-refractivity contribution in [1.29, 1.82) is 0 Å². The maximum absolute atomic E-state index is 12.1. The van der Waals surface area contributed by atoms with Crippen molar-refractivity contribution < 1.29 is 4.79 Å². The normalized spacial score (nSPS) is 17.1. The third-order valence-corrected chi connectivity index (χ3v) is 4.00. The van der Waals surface area contributed by atoms with Crippen LogP contribution in [0.15, 0.2) is 24.3 Å². The summed E-state index contributed by atoms with van der Waals surface area (Å²) >= 11 is 0. The molecule has 3 nitrogen and oxygen atoms in total. The molecule has 1 aliphatic rings. The van der Waals surface area contributed by atoms with Crippen LogP contribution in [-0.4, -0.2) is 18.0 Å². The molecule has 1 saturated carbocycles. The summed E-state index contributed by atoms with van der Waals surface area (Å²) in [6.45, 7) is 6.53. The molecule has 19 heavy (non-hydrogen) atoms. The van der Waals surface area contributed by atoms with Crippen molar-refractivity contribution in [2.45, 2.75) is 51.0 Å². The first-order valence-corrected chi connectivity index (χ1v) is 7.04. The smallest absolute Gasteiger partial charge is 0.230 e. The second-order valence-electron chi connectivity index (χ2n) is 6.22. The average Bonchev–Trinajstić information content (AvgIpc) is 3.07. The molecule has 104 valence electrons. The van der Waals surface area contributed by atoms with E-state index in [2.05, 4.69) is 17.4 Å². The van der Waals surface area contributed by atoms with Crippen LogP contribution in [-0.2, 0) is 16.6 Å². The van der Waals surface area contributed by atoms with E-state index in [-0.39, 0.29) is 11.4 Å². The van der Waals surface area contributed by atoms with E-state index < -0.39 is 5.41 Å². The van der Waals surface area contributed by atoms with Gasteiger partial charge in [-0.25, -0.2) is 0 Å². The largest absolute Gasteiger partial charge is 0.356 e. The zero-order valence-corrected chi connectivity index (χ0v) is 12.1. The maximum atomic E-state index is 12.1. The van der Waals surface area contributed by atoms with Crippen LogP contribution in [0.5, 0.6) is 0 Å². The van der Waals surface area contributed by atoms with E-state index in [0.29, 0.717) is 6.54 Å². The summed E-state index contributed by atoms with van der Waals surface area (Å²) < 4.78 is 0. The van der Waals surface area contributed by atoms with Gasteiger partial charge in [0.2, 0.25) is 5.91 Å². The van der Waals surface area contributed by atoms with Crippen LogP contribution in [0.4, 0.5) is 0 Å². The Bertz CT molecular complexity index is 475.